The zero-order valence-electron chi connectivity index (χ0n) is 7.57. The molecule has 0 saturated heterocycles. The van der Waals surface area contributed by atoms with Crippen molar-refractivity contribution >= 4 is 17.3 Å². The summed E-state index contributed by atoms with van der Waals surface area (Å²) in [7, 11) is 0. The van der Waals surface area contributed by atoms with Crippen molar-refractivity contribution in [3.05, 3.63) is 46.8 Å². The van der Waals surface area contributed by atoms with Crippen LogP contribution in [0.25, 0.3) is 0 Å². The zero-order valence-corrected chi connectivity index (χ0v) is 7.57. The summed E-state index contributed by atoms with van der Waals surface area (Å²) in [5.41, 5.74) is -0.559. The molecule has 5 nitrogen and oxygen atoms in total. The molecule has 0 spiro atoms. The summed E-state index contributed by atoms with van der Waals surface area (Å²) >= 11 is 0. The lowest BCUT2D eigenvalue weighted by Gasteiger charge is -2.02. The molecule has 0 aromatic heterocycles. The summed E-state index contributed by atoms with van der Waals surface area (Å²) in [5.74, 6) is -1.33. The van der Waals surface area contributed by atoms with Gasteiger partial charge >= 0.3 is 0 Å². The van der Waals surface area contributed by atoms with Crippen molar-refractivity contribution in [1.29, 1.82) is 0 Å². The highest BCUT2D eigenvalue weighted by molar-refractivity contribution is 6.00. The number of carbonyl (C=O) groups excluding carboxylic acids is 1. The predicted molar refractivity (Wildman–Crippen MR) is 51.9 cm³/mol. The van der Waals surface area contributed by atoms with E-state index >= 15 is 0 Å². The minimum Gasteiger partial charge on any atom is -0.317 e. The molecule has 0 aliphatic rings. The highest BCUT2D eigenvalue weighted by Crippen LogP contribution is 2.24. The molecular weight excluding hydrogens is 203 g/mol. The first kappa shape index (κ1) is 10.8. The Morgan fingerprint density at radius 2 is 2.27 bits per heavy atom. The number of anilines is 1. The highest BCUT2D eigenvalue weighted by Gasteiger charge is 2.15. The fourth-order valence-corrected chi connectivity index (χ4v) is 0.945. The van der Waals surface area contributed by atoms with Crippen LogP contribution in [0.1, 0.15) is 0 Å². The third kappa shape index (κ3) is 2.60. The van der Waals surface area contributed by atoms with E-state index in [4.69, 9.17) is 0 Å². The van der Waals surface area contributed by atoms with Gasteiger partial charge in [0.2, 0.25) is 5.91 Å². The van der Waals surface area contributed by atoms with E-state index in [0.29, 0.717) is 0 Å². The fraction of sp³-hybridized carbons (Fsp3) is 0. The van der Waals surface area contributed by atoms with Gasteiger partial charge in [0.05, 0.1) is 11.0 Å². The first-order valence-electron chi connectivity index (χ1n) is 3.92. The lowest BCUT2D eigenvalue weighted by Crippen LogP contribution is -2.09. The van der Waals surface area contributed by atoms with E-state index in [0.717, 1.165) is 24.3 Å². The van der Waals surface area contributed by atoms with Gasteiger partial charge in [0.1, 0.15) is 11.5 Å². The lowest BCUT2D eigenvalue weighted by atomic mass is 10.2. The topological polar surface area (TPSA) is 72.2 Å². The molecule has 6 heteroatoms. The summed E-state index contributed by atoms with van der Waals surface area (Å²) in [4.78, 5) is 20.6. The Morgan fingerprint density at radius 3 is 2.80 bits per heavy atom. The van der Waals surface area contributed by atoms with Crippen LogP contribution in [-0.2, 0) is 4.79 Å². The van der Waals surface area contributed by atoms with Gasteiger partial charge in [-0.2, -0.15) is 0 Å². The average molecular weight is 210 g/mol. The van der Waals surface area contributed by atoms with Crippen LogP contribution in [0.3, 0.4) is 0 Å². The van der Waals surface area contributed by atoms with Gasteiger partial charge in [-0.05, 0) is 18.2 Å². The van der Waals surface area contributed by atoms with Crippen molar-refractivity contribution < 1.29 is 14.1 Å². The first-order chi connectivity index (χ1) is 7.04. The molecule has 1 amide bonds. The summed E-state index contributed by atoms with van der Waals surface area (Å²) in [6.07, 6.45) is 0.965. The van der Waals surface area contributed by atoms with Gasteiger partial charge in [-0.1, -0.05) is 6.58 Å². The van der Waals surface area contributed by atoms with Crippen molar-refractivity contribution in [3.8, 4) is 0 Å². The molecule has 0 saturated carbocycles. The maximum absolute atomic E-state index is 12.7. The smallest absolute Gasteiger partial charge is 0.295 e. The maximum Gasteiger partial charge on any atom is 0.295 e. The molecule has 1 aromatic rings. The number of hydrogen-bond acceptors (Lipinski definition) is 3. The van der Waals surface area contributed by atoms with Crippen molar-refractivity contribution in [2.75, 3.05) is 5.32 Å². The first-order valence-corrected chi connectivity index (χ1v) is 3.92. The molecule has 0 atom stereocenters. The Labute approximate surface area is 84.4 Å². The predicted octanol–water partition coefficient (Wildman–Crippen LogP) is 1.86. The molecule has 78 valence electrons. The number of nitro benzene ring substituents is 1. The summed E-state index contributed by atoms with van der Waals surface area (Å²) < 4.78 is 12.7. The van der Waals surface area contributed by atoms with E-state index < -0.39 is 22.3 Å². The fourth-order valence-electron chi connectivity index (χ4n) is 0.945. The number of nitrogens with one attached hydrogen (secondary N) is 1. The van der Waals surface area contributed by atoms with Gasteiger partial charge in [-0.3, -0.25) is 14.9 Å². The third-order valence-corrected chi connectivity index (χ3v) is 1.60. The van der Waals surface area contributed by atoms with Crippen LogP contribution in [-0.4, -0.2) is 10.8 Å². The van der Waals surface area contributed by atoms with Gasteiger partial charge in [0.15, 0.2) is 0 Å². The number of nitrogens with zero attached hydrogens (tertiary/aromatic N) is 1. The van der Waals surface area contributed by atoms with E-state index in [9.17, 15) is 19.3 Å². The zero-order chi connectivity index (χ0) is 11.4. The third-order valence-electron chi connectivity index (χ3n) is 1.60. The number of nitro groups is 1. The molecule has 0 bridgehead atoms. The van der Waals surface area contributed by atoms with Gasteiger partial charge < -0.3 is 5.32 Å². The molecule has 0 aliphatic carbocycles. The molecule has 0 fully saturated rings. The number of benzene rings is 1. The van der Waals surface area contributed by atoms with Crippen LogP contribution < -0.4 is 5.32 Å². The van der Waals surface area contributed by atoms with Gasteiger partial charge in [-0.25, -0.2) is 4.39 Å². The van der Waals surface area contributed by atoms with Crippen LogP contribution in [0.2, 0.25) is 0 Å². The Balaban J connectivity index is 3.11. The van der Waals surface area contributed by atoms with Gasteiger partial charge in [0, 0.05) is 0 Å². The molecule has 1 rings (SSSR count). The standard InChI is InChI=1S/C9H7FN2O3/c1-2-9(13)11-7-4-3-6(10)5-8(7)12(14)15/h2-5H,1H2,(H,11,13). The highest BCUT2D eigenvalue weighted by atomic mass is 19.1. The molecule has 1 aromatic carbocycles. The van der Waals surface area contributed by atoms with Crippen molar-refractivity contribution in [3.63, 3.8) is 0 Å². The van der Waals surface area contributed by atoms with E-state index in [1.165, 1.54) is 0 Å². The maximum atomic E-state index is 12.7. The average Bonchev–Trinajstić information content (AvgIpc) is 2.20. The molecule has 0 unspecified atom stereocenters. The monoisotopic (exact) mass is 210 g/mol. The molecular formula is C9H7FN2O3. The lowest BCUT2D eigenvalue weighted by molar-refractivity contribution is -0.384. The van der Waals surface area contributed by atoms with E-state index in [1.54, 1.807) is 0 Å². The Bertz CT molecular complexity index is 431. The molecule has 15 heavy (non-hydrogen) atoms. The van der Waals surface area contributed by atoms with Crippen LogP contribution in [0.15, 0.2) is 30.9 Å². The van der Waals surface area contributed by atoms with Crippen LogP contribution in [0.5, 0.6) is 0 Å². The largest absolute Gasteiger partial charge is 0.317 e. The Hall–Kier alpha value is -2.24. The van der Waals surface area contributed by atoms with Crippen LogP contribution in [0.4, 0.5) is 15.8 Å². The molecule has 0 radical (unpaired) electrons. The van der Waals surface area contributed by atoms with E-state index in [-0.39, 0.29) is 5.69 Å². The van der Waals surface area contributed by atoms with Gasteiger partial charge in [0.25, 0.3) is 5.69 Å². The quantitative estimate of drug-likeness (QED) is 0.470. The summed E-state index contributed by atoms with van der Waals surface area (Å²) in [6, 6.07) is 2.87. The second kappa shape index (κ2) is 4.32. The normalized spacial score (nSPS) is 9.40. The van der Waals surface area contributed by atoms with Gasteiger partial charge in [-0.15, -0.1) is 0 Å². The molecule has 1 N–H and O–H groups in total. The second-order valence-electron chi connectivity index (χ2n) is 2.61. The second-order valence-corrected chi connectivity index (χ2v) is 2.61. The molecule has 0 heterocycles. The summed E-state index contributed by atoms with van der Waals surface area (Å²) in [6.45, 7) is 3.19. The number of amides is 1. The number of halogens is 1. The van der Waals surface area contributed by atoms with Crippen molar-refractivity contribution in [1.82, 2.24) is 0 Å². The van der Waals surface area contributed by atoms with Crippen molar-refractivity contribution in [2.45, 2.75) is 0 Å². The number of hydrogen-bond donors (Lipinski definition) is 1. The minimum atomic E-state index is -0.776. The summed E-state index contributed by atoms with van der Waals surface area (Å²) in [5, 5.41) is 12.7. The van der Waals surface area contributed by atoms with E-state index in [1.807, 2.05) is 0 Å². The van der Waals surface area contributed by atoms with Crippen LogP contribution >= 0.6 is 0 Å². The van der Waals surface area contributed by atoms with Crippen molar-refractivity contribution in [2.24, 2.45) is 0 Å². The minimum absolute atomic E-state index is 0.0636. The SMILES string of the molecule is C=CC(=O)Nc1ccc(F)cc1[N+](=O)[O-]. The Kier molecular flexibility index (Phi) is 3.12. The van der Waals surface area contributed by atoms with Crippen LogP contribution in [0, 0.1) is 15.9 Å². The Morgan fingerprint density at radius 1 is 1.60 bits per heavy atom. The number of rotatable bonds is 3. The van der Waals surface area contributed by atoms with E-state index in [2.05, 4.69) is 11.9 Å². The molecule has 0 aliphatic heterocycles. The number of carbonyl (C=O) groups is 1.